The van der Waals surface area contributed by atoms with Crippen molar-refractivity contribution in [2.75, 3.05) is 25.6 Å². The number of rotatable bonds is 4. The highest BCUT2D eigenvalue weighted by Crippen LogP contribution is 2.33. The Labute approximate surface area is 101 Å². The molecule has 0 saturated carbocycles. The molecule has 2 heterocycles. The molecule has 1 aliphatic heterocycles. The van der Waals surface area contributed by atoms with Crippen LogP contribution in [-0.2, 0) is 15.1 Å². The molecule has 6 nitrogen and oxygen atoms in total. The largest absolute Gasteiger partial charge is 0.381 e. The fourth-order valence-corrected chi connectivity index (χ4v) is 1.93. The summed E-state index contributed by atoms with van der Waals surface area (Å²) in [5.41, 5.74) is -0.460. The Kier molecular flexibility index (Phi) is 3.63. The second-order valence-electron chi connectivity index (χ2n) is 4.53. The topological polar surface area (TPSA) is 69.4 Å². The van der Waals surface area contributed by atoms with Crippen LogP contribution in [0.2, 0.25) is 0 Å². The smallest absolute Gasteiger partial charge is 0.321 e. The van der Waals surface area contributed by atoms with Crippen molar-refractivity contribution >= 4 is 6.01 Å². The van der Waals surface area contributed by atoms with E-state index < -0.39 is 5.60 Å². The number of anilines is 1. The summed E-state index contributed by atoms with van der Waals surface area (Å²) in [4.78, 5) is 4.35. The highest BCUT2D eigenvalue weighted by Gasteiger charge is 2.39. The second-order valence-corrected chi connectivity index (χ2v) is 4.53. The molecule has 0 aromatic carbocycles. The van der Waals surface area contributed by atoms with Crippen LogP contribution in [0.5, 0.6) is 0 Å². The lowest BCUT2D eigenvalue weighted by atomic mass is 9.93. The van der Waals surface area contributed by atoms with Crippen molar-refractivity contribution in [3.63, 3.8) is 0 Å². The first kappa shape index (κ1) is 12.3. The molecular weight excluding hydrogens is 222 g/mol. The monoisotopic (exact) mass is 241 g/mol. The Bertz CT molecular complexity index is 359. The summed E-state index contributed by atoms with van der Waals surface area (Å²) in [6.07, 6.45) is 1.51. The van der Waals surface area contributed by atoms with Crippen LogP contribution in [0.4, 0.5) is 6.01 Å². The van der Waals surface area contributed by atoms with E-state index in [0.29, 0.717) is 25.1 Å². The van der Waals surface area contributed by atoms with Crippen LogP contribution in [0, 0.1) is 0 Å². The number of hydrogen-bond acceptors (Lipinski definition) is 6. The lowest BCUT2D eigenvalue weighted by Gasteiger charge is -2.32. The molecule has 1 saturated heterocycles. The van der Waals surface area contributed by atoms with Gasteiger partial charge in [0.2, 0.25) is 5.82 Å². The van der Waals surface area contributed by atoms with Gasteiger partial charge in [0.25, 0.3) is 0 Å². The van der Waals surface area contributed by atoms with Gasteiger partial charge in [-0.25, -0.2) is 0 Å². The second kappa shape index (κ2) is 5.01. The van der Waals surface area contributed by atoms with Crippen LogP contribution >= 0.6 is 0 Å². The quantitative estimate of drug-likeness (QED) is 0.862. The van der Waals surface area contributed by atoms with Crippen molar-refractivity contribution < 1.29 is 14.0 Å². The van der Waals surface area contributed by atoms with Crippen LogP contribution in [0.3, 0.4) is 0 Å². The molecule has 1 aromatic heterocycles. The lowest BCUT2D eigenvalue weighted by Crippen LogP contribution is -2.36. The van der Waals surface area contributed by atoms with Gasteiger partial charge in [-0.3, -0.25) is 0 Å². The van der Waals surface area contributed by atoms with E-state index in [-0.39, 0.29) is 6.04 Å². The number of aromatic nitrogens is 2. The third-order valence-corrected chi connectivity index (χ3v) is 2.94. The van der Waals surface area contributed by atoms with E-state index in [9.17, 15) is 0 Å². The van der Waals surface area contributed by atoms with Gasteiger partial charge in [0.15, 0.2) is 0 Å². The predicted molar refractivity (Wildman–Crippen MR) is 61.8 cm³/mol. The van der Waals surface area contributed by atoms with Crippen molar-refractivity contribution in [3.05, 3.63) is 5.82 Å². The Morgan fingerprint density at radius 2 is 2.06 bits per heavy atom. The molecule has 1 fully saturated rings. The standard InChI is InChI=1S/C11H19N3O3/c1-8(2)12-10-13-9(14-17-10)11(15-3)4-6-16-7-5-11/h8H,4-7H2,1-3H3,(H,12,13,14). The van der Waals surface area contributed by atoms with Crippen LogP contribution in [0.15, 0.2) is 4.52 Å². The zero-order chi connectivity index (χ0) is 12.3. The molecule has 0 aliphatic carbocycles. The maximum atomic E-state index is 5.59. The molecular formula is C11H19N3O3. The number of hydrogen-bond donors (Lipinski definition) is 1. The normalized spacial score (nSPS) is 19.5. The van der Waals surface area contributed by atoms with Crippen molar-refractivity contribution in [1.82, 2.24) is 10.1 Å². The van der Waals surface area contributed by atoms with Crippen LogP contribution in [0.25, 0.3) is 0 Å². The summed E-state index contributed by atoms with van der Waals surface area (Å²) in [7, 11) is 1.68. The minimum absolute atomic E-state index is 0.261. The summed E-state index contributed by atoms with van der Waals surface area (Å²) in [6, 6.07) is 0.703. The Hall–Kier alpha value is -1.14. The first-order chi connectivity index (χ1) is 8.16. The summed E-state index contributed by atoms with van der Waals surface area (Å²) in [5.74, 6) is 0.603. The average Bonchev–Trinajstić information content (AvgIpc) is 2.78. The van der Waals surface area contributed by atoms with Gasteiger partial charge in [-0.15, -0.1) is 0 Å². The Balaban J connectivity index is 2.16. The molecule has 0 amide bonds. The maximum absolute atomic E-state index is 5.59. The SMILES string of the molecule is COC1(c2noc(NC(C)C)n2)CCOCC1. The maximum Gasteiger partial charge on any atom is 0.321 e. The predicted octanol–water partition coefficient (Wildman–Crippen LogP) is 1.54. The van der Waals surface area contributed by atoms with E-state index in [1.54, 1.807) is 7.11 Å². The molecule has 1 aromatic rings. The van der Waals surface area contributed by atoms with E-state index in [1.165, 1.54) is 0 Å². The highest BCUT2D eigenvalue weighted by molar-refractivity contribution is 5.21. The van der Waals surface area contributed by atoms with Crippen molar-refractivity contribution in [2.24, 2.45) is 0 Å². The molecule has 0 radical (unpaired) electrons. The zero-order valence-corrected chi connectivity index (χ0v) is 10.5. The van der Waals surface area contributed by atoms with Gasteiger partial charge in [0, 0.05) is 39.2 Å². The summed E-state index contributed by atoms with van der Waals surface area (Å²) in [6.45, 7) is 5.36. The zero-order valence-electron chi connectivity index (χ0n) is 10.5. The van der Waals surface area contributed by atoms with E-state index in [4.69, 9.17) is 14.0 Å². The average molecular weight is 241 g/mol. The molecule has 2 rings (SSSR count). The van der Waals surface area contributed by atoms with Gasteiger partial charge in [0.05, 0.1) is 0 Å². The first-order valence-corrected chi connectivity index (χ1v) is 5.90. The molecule has 1 aliphatic rings. The Morgan fingerprint density at radius 3 is 2.65 bits per heavy atom. The fraction of sp³-hybridized carbons (Fsp3) is 0.818. The van der Waals surface area contributed by atoms with Crippen LogP contribution in [0.1, 0.15) is 32.5 Å². The van der Waals surface area contributed by atoms with Crippen molar-refractivity contribution in [2.45, 2.75) is 38.3 Å². The fourth-order valence-electron chi connectivity index (χ4n) is 1.93. The minimum atomic E-state index is -0.460. The number of nitrogens with one attached hydrogen (secondary N) is 1. The van der Waals surface area contributed by atoms with Gasteiger partial charge in [-0.1, -0.05) is 5.16 Å². The number of nitrogens with zero attached hydrogens (tertiary/aromatic N) is 2. The minimum Gasteiger partial charge on any atom is -0.381 e. The summed E-state index contributed by atoms with van der Waals surface area (Å²) < 4.78 is 16.1. The van der Waals surface area contributed by atoms with Gasteiger partial charge in [0.1, 0.15) is 5.60 Å². The van der Waals surface area contributed by atoms with Gasteiger partial charge in [-0.05, 0) is 13.8 Å². The Morgan fingerprint density at radius 1 is 1.35 bits per heavy atom. The van der Waals surface area contributed by atoms with E-state index in [2.05, 4.69) is 15.5 Å². The number of methoxy groups -OCH3 is 1. The molecule has 0 spiro atoms. The third kappa shape index (κ3) is 2.58. The van der Waals surface area contributed by atoms with Crippen LogP contribution < -0.4 is 5.32 Å². The molecule has 0 atom stereocenters. The summed E-state index contributed by atoms with van der Waals surface area (Å²) in [5, 5.41) is 7.09. The molecule has 0 bridgehead atoms. The molecule has 0 unspecified atom stereocenters. The third-order valence-electron chi connectivity index (χ3n) is 2.94. The van der Waals surface area contributed by atoms with Crippen molar-refractivity contribution in [1.29, 1.82) is 0 Å². The van der Waals surface area contributed by atoms with Gasteiger partial charge < -0.3 is 19.3 Å². The first-order valence-electron chi connectivity index (χ1n) is 5.90. The molecule has 17 heavy (non-hydrogen) atoms. The van der Waals surface area contributed by atoms with E-state index >= 15 is 0 Å². The molecule has 6 heteroatoms. The lowest BCUT2D eigenvalue weighted by molar-refractivity contribution is -0.101. The summed E-state index contributed by atoms with van der Waals surface area (Å²) >= 11 is 0. The molecule has 96 valence electrons. The van der Waals surface area contributed by atoms with Gasteiger partial charge >= 0.3 is 6.01 Å². The molecule has 1 N–H and O–H groups in total. The van der Waals surface area contributed by atoms with E-state index in [1.807, 2.05) is 13.8 Å². The van der Waals surface area contributed by atoms with Gasteiger partial charge in [-0.2, -0.15) is 4.98 Å². The van der Waals surface area contributed by atoms with Crippen LogP contribution in [-0.4, -0.2) is 36.5 Å². The van der Waals surface area contributed by atoms with E-state index in [0.717, 1.165) is 12.8 Å². The van der Waals surface area contributed by atoms with Crippen molar-refractivity contribution in [3.8, 4) is 0 Å². The highest BCUT2D eigenvalue weighted by atomic mass is 16.5. The number of ether oxygens (including phenoxy) is 2.